The lowest BCUT2D eigenvalue weighted by molar-refractivity contribution is 0.266. The molecule has 0 bridgehead atoms. The highest BCUT2D eigenvalue weighted by Gasteiger charge is 2.39. The zero-order chi connectivity index (χ0) is 12.8. The van der Waals surface area contributed by atoms with E-state index in [0.29, 0.717) is 0 Å². The summed E-state index contributed by atoms with van der Waals surface area (Å²) in [6, 6.07) is 21.4. The van der Waals surface area contributed by atoms with Crippen LogP contribution >= 0.6 is 0 Å². The number of rotatable bonds is 2. The third-order valence-corrected chi connectivity index (χ3v) is 3.46. The summed E-state index contributed by atoms with van der Waals surface area (Å²) in [5, 5.41) is 10.6. The van der Waals surface area contributed by atoms with Crippen molar-refractivity contribution >= 4 is 0 Å². The molecule has 0 aromatic heterocycles. The third-order valence-electron chi connectivity index (χ3n) is 3.46. The van der Waals surface area contributed by atoms with Crippen LogP contribution in [0.25, 0.3) is 0 Å². The second kappa shape index (κ2) is 5.80. The van der Waals surface area contributed by atoms with Crippen LogP contribution in [-0.4, -0.2) is 18.8 Å². The fourth-order valence-corrected chi connectivity index (χ4v) is 2.48. The van der Waals surface area contributed by atoms with Gasteiger partial charge in [-0.3, -0.25) is 0 Å². The second-order valence-corrected chi connectivity index (χ2v) is 4.31. The minimum Gasteiger partial charge on any atom is -0.400 e. The van der Waals surface area contributed by atoms with Gasteiger partial charge in [-0.05, 0) is 24.1 Å². The number of aliphatic hydroxyl groups excluding tert-OH is 1. The van der Waals surface area contributed by atoms with E-state index < -0.39 is 0 Å². The second-order valence-electron chi connectivity index (χ2n) is 4.31. The molecule has 2 aromatic rings. The van der Waals surface area contributed by atoms with Crippen LogP contribution < -0.4 is 5.32 Å². The van der Waals surface area contributed by atoms with Gasteiger partial charge in [0.25, 0.3) is 0 Å². The summed E-state index contributed by atoms with van der Waals surface area (Å²) in [7, 11) is 1.00. The first-order valence-corrected chi connectivity index (χ1v) is 6.23. The third kappa shape index (κ3) is 2.17. The zero-order valence-corrected chi connectivity index (χ0v) is 10.6. The van der Waals surface area contributed by atoms with E-state index in [1.807, 2.05) is 0 Å². The Morgan fingerprint density at radius 2 is 1.22 bits per heavy atom. The van der Waals surface area contributed by atoms with Crippen molar-refractivity contribution in [3.63, 3.8) is 0 Å². The highest BCUT2D eigenvalue weighted by Crippen LogP contribution is 2.37. The van der Waals surface area contributed by atoms with Gasteiger partial charge >= 0.3 is 0 Å². The van der Waals surface area contributed by atoms with Crippen LogP contribution in [0.3, 0.4) is 0 Å². The van der Waals surface area contributed by atoms with Gasteiger partial charge in [-0.15, -0.1) is 0 Å². The van der Waals surface area contributed by atoms with Crippen molar-refractivity contribution < 1.29 is 5.11 Å². The van der Waals surface area contributed by atoms with Gasteiger partial charge in [-0.2, -0.15) is 0 Å². The quantitative estimate of drug-likeness (QED) is 0.847. The summed E-state index contributed by atoms with van der Waals surface area (Å²) in [6.07, 6.45) is 1.18. The maximum Gasteiger partial charge on any atom is 0.0702 e. The first-order valence-electron chi connectivity index (χ1n) is 6.23. The number of hydrogen-bond donors (Lipinski definition) is 2. The first kappa shape index (κ1) is 12.8. The highest BCUT2D eigenvalue weighted by atomic mass is 16.2. The monoisotopic (exact) mass is 241 g/mol. The van der Waals surface area contributed by atoms with E-state index in [1.165, 1.54) is 17.5 Å². The molecule has 2 aromatic carbocycles. The molecule has 18 heavy (non-hydrogen) atoms. The summed E-state index contributed by atoms with van der Waals surface area (Å²) in [5.41, 5.74) is 2.79. The highest BCUT2D eigenvalue weighted by molar-refractivity contribution is 5.40. The van der Waals surface area contributed by atoms with Crippen molar-refractivity contribution in [3.05, 3.63) is 71.8 Å². The van der Waals surface area contributed by atoms with E-state index in [0.717, 1.165) is 13.7 Å². The fraction of sp³-hybridized carbons (Fsp3) is 0.250. The molecule has 0 aliphatic carbocycles. The Bertz CT molecular complexity index is 421. The molecule has 0 amide bonds. The Labute approximate surface area is 108 Å². The van der Waals surface area contributed by atoms with Crippen molar-refractivity contribution in [2.45, 2.75) is 12.0 Å². The number of hydrogen-bond acceptors (Lipinski definition) is 2. The molecule has 2 nitrogen and oxygen atoms in total. The van der Waals surface area contributed by atoms with Crippen molar-refractivity contribution in [2.24, 2.45) is 0 Å². The normalized spacial score (nSPS) is 16.1. The van der Waals surface area contributed by atoms with Crippen molar-refractivity contribution in [3.8, 4) is 0 Å². The summed E-state index contributed by atoms with van der Waals surface area (Å²) < 4.78 is 0. The van der Waals surface area contributed by atoms with Crippen LogP contribution in [-0.2, 0) is 5.54 Å². The van der Waals surface area contributed by atoms with Gasteiger partial charge in [0.1, 0.15) is 0 Å². The topological polar surface area (TPSA) is 32.3 Å². The van der Waals surface area contributed by atoms with Crippen molar-refractivity contribution in [2.75, 3.05) is 13.7 Å². The van der Waals surface area contributed by atoms with Crippen LogP contribution in [0.4, 0.5) is 0 Å². The minimum absolute atomic E-state index is 0.0581. The molecule has 1 saturated heterocycles. The molecule has 0 unspecified atom stereocenters. The number of benzene rings is 2. The fourth-order valence-electron chi connectivity index (χ4n) is 2.48. The van der Waals surface area contributed by atoms with Crippen LogP contribution in [0.15, 0.2) is 60.7 Å². The molecule has 2 heteroatoms. The van der Waals surface area contributed by atoms with Gasteiger partial charge in [0.2, 0.25) is 0 Å². The van der Waals surface area contributed by atoms with Crippen LogP contribution in [0, 0.1) is 0 Å². The molecule has 1 aliphatic heterocycles. The van der Waals surface area contributed by atoms with Gasteiger partial charge in [0.15, 0.2) is 0 Å². The average Bonchev–Trinajstić information content (AvgIpc) is 2.42. The zero-order valence-electron chi connectivity index (χ0n) is 10.6. The Hall–Kier alpha value is -1.64. The van der Waals surface area contributed by atoms with Crippen molar-refractivity contribution in [1.29, 1.82) is 0 Å². The van der Waals surface area contributed by atoms with Gasteiger partial charge in [-0.25, -0.2) is 0 Å². The molecule has 1 heterocycles. The maximum atomic E-state index is 7.00. The SMILES string of the molecule is CO.c1ccc(C2(c3ccccc3)CCN2)cc1. The maximum absolute atomic E-state index is 7.00. The lowest BCUT2D eigenvalue weighted by Gasteiger charge is -2.44. The predicted octanol–water partition coefficient (Wildman–Crippen LogP) is 2.53. The lowest BCUT2D eigenvalue weighted by Crippen LogP contribution is -2.54. The number of aliphatic hydroxyl groups is 1. The van der Waals surface area contributed by atoms with Gasteiger partial charge in [0.05, 0.1) is 5.54 Å². The molecule has 0 radical (unpaired) electrons. The molecule has 0 atom stereocenters. The lowest BCUT2D eigenvalue weighted by atomic mass is 9.75. The summed E-state index contributed by atoms with van der Waals surface area (Å²) in [4.78, 5) is 0. The standard InChI is InChI=1S/C15H15N.CH4O/c1-3-7-13(8-4-1)15(11-12-16-15)14-9-5-2-6-10-14;1-2/h1-10,16H,11-12H2;2H,1H3. The molecule has 1 aliphatic rings. The molecule has 1 fully saturated rings. The summed E-state index contributed by atoms with van der Waals surface area (Å²) >= 11 is 0. The Kier molecular flexibility index (Phi) is 4.13. The van der Waals surface area contributed by atoms with Crippen LogP contribution in [0.5, 0.6) is 0 Å². The van der Waals surface area contributed by atoms with Crippen LogP contribution in [0.1, 0.15) is 17.5 Å². The van der Waals surface area contributed by atoms with E-state index in [2.05, 4.69) is 66.0 Å². The summed E-state index contributed by atoms with van der Waals surface area (Å²) in [5.74, 6) is 0. The molecule has 3 rings (SSSR count). The van der Waals surface area contributed by atoms with Gasteiger partial charge < -0.3 is 10.4 Å². The Balaban J connectivity index is 0.000000574. The van der Waals surface area contributed by atoms with E-state index >= 15 is 0 Å². The van der Waals surface area contributed by atoms with Gasteiger partial charge in [-0.1, -0.05) is 60.7 Å². The molecular weight excluding hydrogens is 222 g/mol. The molecular formula is C16H19NO. The number of nitrogens with one attached hydrogen (secondary N) is 1. The molecule has 94 valence electrons. The average molecular weight is 241 g/mol. The minimum atomic E-state index is 0.0581. The van der Waals surface area contributed by atoms with Gasteiger partial charge in [0, 0.05) is 7.11 Å². The Morgan fingerprint density at radius 3 is 1.50 bits per heavy atom. The van der Waals surface area contributed by atoms with E-state index in [-0.39, 0.29) is 5.54 Å². The van der Waals surface area contributed by atoms with Crippen molar-refractivity contribution in [1.82, 2.24) is 5.32 Å². The summed E-state index contributed by atoms with van der Waals surface area (Å²) in [6.45, 7) is 1.10. The van der Waals surface area contributed by atoms with E-state index in [9.17, 15) is 0 Å². The first-order chi connectivity index (χ1) is 8.92. The molecule has 0 saturated carbocycles. The van der Waals surface area contributed by atoms with Crippen LogP contribution in [0.2, 0.25) is 0 Å². The molecule has 2 N–H and O–H groups in total. The predicted molar refractivity (Wildman–Crippen MR) is 74.4 cm³/mol. The molecule has 0 spiro atoms. The largest absolute Gasteiger partial charge is 0.400 e. The Morgan fingerprint density at radius 1 is 0.833 bits per heavy atom. The van der Waals surface area contributed by atoms with E-state index in [1.54, 1.807) is 0 Å². The smallest absolute Gasteiger partial charge is 0.0702 e. The van der Waals surface area contributed by atoms with E-state index in [4.69, 9.17) is 5.11 Å².